The molecule has 0 aliphatic rings. The van der Waals surface area contributed by atoms with Crippen molar-refractivity contribution in [2.24, 2.45) is 5.92 Å². The second-order valence-corrected chi connectivity index (χ2v) is 6.53. The van der Waals surface area contributed by atoms with E-state index in [1.54, 1.807) is 6.92 Å². The van der Waals surface area contributed by atoms with Gasteiger partial charge in [-0.25, -0.2) is 0 Å². The fourth-order valence-corrected chi connectivity index (χ4v) is 3.92. The van der Waals surface area contributed by atoms with E-state index >= 15 is 0 Å². The van der Waals surface area contributed by atoms with Gasteiger partial charge in [-0.3, -0.25) is 9.36 Å². The minimum absolute atomic E-state index is 0.0911. The summed E-state index contributed by atoms with van der Waals surface area (Å²) in [7, 11) is 0.510. The van der Waals surface area contributed by atoms with Gasteiger partial charge >= 0.3 is 13.6 Å². The zero-order chi connectivity index (χ0) is 14.3. The van der Waals surface area contributed by atoms with Crippen LogP contribution in [-0.2, 0) is 23.1 Å². The van der Waals surface area contributed by atoms with Gasteiger partial charge in [-0.2, -0.15) is 0 Å². The lowest BCUT2D eigenvalue weighted by molar-refractivity contribution is -0.141. The van der Waals surface area contributed by atoms with Gasteiger partial charge in [-0.05, 0) is 11.5 Å². The van der Waals surface area contributed by atoms with Crippen LogP contribution in [0, 0.1) is 5.92 Å². The Balaban J connectivity index is 5.17. The molecule has 0 aliphatic carbocycles. The summed E-state index contributed by atoms with van der Waals surface area (Å²) in [4.78, 5) is 11.3. The third-order valence-corrected chi connectivity index (χ3v) is 5.61. The van der Waals surface area contributed by atoms with Crippen LogP contribution >= 0.6 is 19.2 Å². The van der Waals surface area contributed by atoms with Gasteiger partial charge in [0.15, 0.2) is 0 Å². The molecule has 0 amide bonds. The summed E-state index contributed by atoms with van der Waals surface area (Å²) in [5, 5.41) is 0. The molecule has 0 bridgehead atoms. The molecule has 0 fully saturated rings. The molecule has 0 unspecified atom stereocenters. The number of esters is 1. The molecule has 18 heavy (non-hydrogen) atoms. The van der Waals surface area contributed by atoms with E-state index in [1.807, 2.05) is 0 Å². The van der Waals surface area contributed by atoms with Crippen molar-refractivity contribution >= 4 is 25.2 Å². The Kier molecular flexibility index (Phi) is 7.79. The Morgan fingerprint density at radius 3 is 2.17 bits per heavy atom. The zero-order valence-corrected chi connectivity index (χ0v) is 12.8. The lowest BCUT2D eigenvalue weighted by atomic mass is 9.99. The second-order valence-electron chi connectivity index (χ2n) is 3.90. The molecule has 0 N–H and O–H groups in total. The molecule has 0 rings (SSSR count). The predicted molar refractivity (Wildman–Crippen MR) is 71.1 cm³/mol. The highest BCUT2D eigenvalue weighted by Crippen LogP contribution is 2.57. The number of hydrogen-bond donors (Lipinski definition) is 0. The number of halogens is 1. The lowest BCUT2D eigenvalue weighted by Gasteiger charge is -2.29. The van der Waals surface area contributed by atoms with Crippen LogP contribution in [0.1, 0.15) is 13.3 Å². The van der Waals surface area contributed by atoms with Gasteiger partial charge in [0.2, 0.25) is 0 Å². The fraction of sp³-hybridized carbons (Fsp3) is 0.727. The molecule has 0 saturated carbocycles. The molecule has 5 nitrogen and oxygen atoms in total. The molecule has 7 heteroatoms. The van der Waals surface area contributed by atoms with E-state index in [0.29, 0.717) is 5.57 Å². The van der Waals surface area contributed by atoms with E-state index in [0.717, 1.165) is 0 Å². The average Bonchev–Trinajstić information content (AvgIpc) is 2.37. The van der Waals surface area contributed by atoms with Crippen molar-refractivity contribution in [2.45, 2.75) is 19.0 Å². The maximum Gasteiger partial charge on any atom is 0.337 e. The third kappa shape index (κ3) is 4.39. The van der Waals surface area contributed by atoms with Crippen molar-refractivity contribution in [3.05, 3.63) is 12.2 Å². The maximum absolute atomic E-state index is 12.4. The van der Waals surface area contributed by atoms with Crippen LogP contribution in [0.5, 0.6) is 0 Å². The Bertz CT molecular complexity index is 336. The summed E-state index contributed by atoms with van der Waals surface area (Å²) >= 11 is 5.73. The normalized spacial score (nSPS) is 14.9. The molecular formula is C11H20ClO5P. The van der Waals surface area contributed by atoms with E-state index < -0.39 is 19.2 Å². The van der Waals surface area contributed by atoms with E-state index in [2.05, 4.69) is 11.3 Å². The van der Waals surface area contributed by atoms with Gasteiger partial charge < -0.3 is 13.8 Å². The fourth-order valence-electron chi connectivity index (χ4n) is 1.78. The van der Waals surface area contributed by atoms with E-state index in [-0.39, 0.29) is 18.2 Å². The highest BCUT2D eigenvalue weighted by Gasteiger charge is 2.40. The predicted octanol–water partition coefficient (Wildman–Crippen LogP) is 2.84. The quantitative estimate of drug-likeness (QED) is 0.298. The first-order valence-electron chi connectivity index (χ1n) is 5.37. The second kappa shape index (κ2) is 7.95. The van der Waals surface area contributed by atoms with E-state index in [4.69, 9.17) is 20.6 Å². The summed E-state index contributed by atoms with van der Waals surface area (Å²) in [5.74, 6) is -0.588. The van der Waals surface area contributed by atoms with Crippen LogP contribution in [-0.4, -0.2) is 38.8 Å². The molecule has 106 valence electrons. The van der Waals surface area contributed by atoms with Crippen LogP contribution < -0.4 is 0 Å². The molecule has 0 aliphatic heterocycles. The topological polar surface area (TPSA) is 61.8 Å². The smallest absolute Gasteiger partial charge is 0.337 e. The van der Waals surface area contributed by atoms with Crippen molar-refractivity contribution in [2.75, 3.05) is 27.2 Å². The first-order valence-corrected chi connectivity index (χ1v) is 7.52. The number of alkyl halides is 1. The molecule has 0 aromatic rings. The molecule has 0 heterocycles. The van der Waals surface area contributed by atoms with Crippen molar-refractivity contribution in [3.8, 4) is 0 Å². The minimum atomic E-state index is -3.38. The summed E-state index contributed by atoms with van der Waals surface area (Å²) < 4.78 is 27.0. The van der Waals surface area contributed by atoms with Gasteiger partial charge in [-0.1, -0.05) is 13.5 Å². The number of rotatable bonds is 8. The Morgan fingerprint density at radius 1 is 1.33 bits per heavy atom. The number of ether oxygens (including phenoxy) is 1. The SMILES string of the molecule is C=C(CCl)[C@H]([C@H](C)CC(=O)OC)P(=O)(OC)OC. The van der Waals surface area contributed by atoms with Gasteiger partial charge in [0.25, 0.3) is 0 Å². The van der Waals surface area contributed by atoms with Gasteiger partial charge in [-0.15, -0.1) is 11.6 Å². The number of methoxy groups -OCH3 is 1. The molecule has 0 radical (unpaired) electrons. The van der Waals surface area contributed by atoms with Gasteiger partial charge in [0.1, 0.15) is 0 Å². The Labute approximate surface area is 113 Å². The highest BCUT2D eigenvalue weighted by molar-refractivity contribution is 7.54. The Hall–Kier alpha value is -0.350. The lowest BCUT2D eigenvalue weighted by Crippen LogP contribution is -2.25. The summed E-state index contributed by atoms with van der Waals surface area (Å²) in [5.41, 5.74) is -0.121. The van der Waals surface area contributed by atoms with Crippen LogP contribution in [0.4, 0.5) is 0 Å². The minimum Gasteiger partial charge on any atom is -0.469 e. The average molecular weight is 299 g/mol. The molecular weight excluding hydrogens is 279 g/mol. The first kappa shape index (κ1) is 17.6. The van der Waals surface area contributed by atoms with Gasteiger partial charge in [0.05, 0.1) is 12.8 Å². The van der Waals surface area contributed by atoms with E-state index in [9.17, 15) is 9.36 Å². The standard InChI is InChI=1S/C11H20ClO5P/c1-8(6-10(13)15-3)11(9(2)7-12)18(14,16-4)17-5/h8,11H,2,6-7H2,1,3-5H3/t8-,11+/m1/s1. The molecule has 2 atom stereocenters. The van der Waals surface area contributed by atoms with Crippen molar-refractivity contribution in [1.82, 2.24) is 0 Å². The maximum atomic E-state index is 12.4. The highest BCUT2D eigenvalue weighted by atomic mass is 35.5. The van der Waals surface area contributed by atoms with Crippen LogP contribution in [0.25, 0.3) is 0 Å². The third-order valence-electron chi connectivity index (χ3n) is 2.69. The summed E-state index contributed by atoms with van der Waals surface area (Å²) in [6.45, 7) is 5.53. The van der Waals surface area contributed by atoms with Crippen LogP contribution in [0.3, 0.4) is 0 Å². The molecule has 0 spiro atoms. The number of carbonyl (C=O) groups excluding carboxylic acids is 1. The van der Waals surface area contributed by atoms with E-state index in [1.165, 1.54) is 21.3 Å². The van der Waals surface area contributed by atoms with Crippen molar-refractivity contribution in [3.63, 3.8) is 0 Å². The molecule has 0 saturated heterocycles. The molecule has 0 aromatic heterocycles. The van der Waals surface area contributed by atoms with Crippen molar-refractivity contribution in [1.29, 1.82) is 0 Å². The number of allylic oxidation sites excluding steroid dienone is 1. The number of hydrogen-bond acceptors (Lipinski definition) is 5. The van der Waals surface area contributed by atoms with Crippen LogP contribution in [0.2, 0.25) is 0 Å². The van der Waals surface area contributed by atoms with Gasteiger partial charge in [0, 0.05) is 26.5 Å². The molecule has 0 aromatic carbocycles. The summed E-state index contributed by atoms with van der Waals surface area (Å²) in [6, 6.07) is 0. The largest absolute Gasteiger partial charge is 0.469 e. The first-order chi connectivity index (χ1) is 8.36. The van der Waals surface area contributed by atoms with Crippen LogP contribution in [0.15, 0.2) is 12.2 Å². The monoisotopic (exact) mass is 298 g/mol. The Morgan fingerprint density at radius 2 is 1.83 bits per heavy atom. The summed E-state index contributed by atoms with van der Waals surface area (Å²) in [6.07, 6.45) is 0.0911. The zero-order valence-electron chi connectivity index (χ0n) is 11.1. The van der Waals surface area contributed by atoms with Crippen molar-refractivity contribution < 1.29 is 23.1 Å². The number of carbonyl (C=O) groups is 1.